The van der Waals surface area contributed by atoms with Crippen LogP contribution < -0.4 is 15.8 Å². The first-order valence-corrected chi connectivity index (χ1v) is 12.3. The Morgan fingerprint density at radius 1 is 1.03 bits per heavy atom. The maximum atomic E-state index is 12.5. The number of nitrogens with zero attached hydrogens (tertiary/aromatic N) is 3. The summed E-state index contributed by atoms with van der Waals surface area (Å²) in [5, 5.41) is 7.61. The number of hydrogen-bond donors (Lipinski definition) is 2. The molecule has 190 valence electrons. The minimum atomic E-state index is -0.728. The van der Waals surface area contributed by atoms with E-state index in [2.05, 4.69) is 16.4 Å². The fourth-order valence-electron chi connectivity index (χ4n) is 4.13. The smallest absolute Gasteiger partial charge is 0.240 e. The van der Waals surface area contributed by atoms with Crippen LogP contribution in [0, 0.1) is 0 Å². The Morgan fingerprint density at radius 3 is 2.49 bits per heavy atom. The Kier molecular flexibility index (Phi) is 8.65. The zero-order valence-corrected chi connectivity index (χ0v) is 20.8. The number of methoxy groups -OCH3 is 1. The van der Waals surface area contributed by atoms with Gasteiger partial charge in [-0.3, -0.25) is 14.6 Å². The Labute approximate surface area is 216 Å². The molecule has 8 nitrogen and oxygen atoms in total. The third-order valence-corrected chi connectivity index (χ3v) is 6.11. The molecule has 0 spiro atoms. The Morgan fingerprint density at radius 2 is 1.81 bits per heavy atom. The molecule has 8 heteroatoms. The van der Waals surface area contributed by atoms with Gasteiger partial charge in [0.15, 0.2) is 0 Å². The molecule has 1 unspecified atom stereocenters. The SMILES string of the molecule is COc1ccc(-n2nc(-c3cccnc3)cc2CCCCC(=O)NC(Cc2ccccc2)C(N)=O)cc1. The molecular formula is C29H31N5O3. The van der Waals surface area contributed by atoms with Gasteiger partial charge in [-0.1, -0.05) is 30.3 Å². The minimum absolute atomic E-state index is 0.181. The van der Waals surface area contributed by atoms with Gasteiger partial charge in [-0.05, 0) is 67.3 Å². The van der Waals surface area contributed by atoms with E-state index in [1.54, 1.807) is 19.5 Å². The summed E-state index contributed by atoms with van der Waals surface area (Å²) >= 11 is 0. The molecule has 2 amide bonds. The molecule has 37 heavy (non-hydrogen) atoms. The molecule has 0 fully saturated rings. The van der Waals surface area contributed by atoms with Crippen LogP contribution >= 0.6 is 0 Å². The molecule has 3 N–H and O–H groups in total. The highest BCUT2D eigenvalue weighted by Gasteiger charge is 2.18. The van der Waals surface area contributed by atoms with Crippen LogP contribution in [0.4, 0.5) is 0 Å². The maximum Gasteiger partial charge on any atom is 0.240 e. The minimum Gasteiger partial charge on any atom is -0.497 e. The van der Waals surface area contributed by atoms with Crippen molar-refractivity contribution in [1.29, 1.82) is 0 Å². The number of aromatic nitrogens is 3. The second kappa shape index (κ2) is 12.5. The number of nitrogens with two attached hydrogens (primary N) is 1. The summed E-state index contributed by atoms with van der Waals surface area (Å²) in [5.41, 5.74) is 10.2. The van der Waals surface area contributed by atoms with Gasteiger partial charge in [-0.25, -0.2) is 4.68 Å². The lowest BCUT2D eigenvalue weighted by molar-refractivity contribution is -0.127. The molecule has 0 radical (unpaired) electrons. The predicted molar refractivity (Wildman–Crippen MR) is 142 cm³/mol. The molecule has 1 atom stereocenters. The molecule has 2 aromatic heterocycles. The van der Waals surface area contributed by atoms with Crippen molar-refractivity contribution in [2.75, 3.05) is 7.11 Å². The quantitative estimate of drug-likeness (QED) is 0.289. The van der Waals surface area contributed by atoms with Crippen molar-refractivity contribution in [2.24, 2.45) is 5.73 Å². The summed E-state index contributed by atoms with van der Waals surface area (Å²) in [7, 11) is 1.64. The van der Waals surface area contributed by atoms with E-state index in [0.29, 0.717) is 19.3 Å². The average Bonchev–Trinajstić information content (AvgIpc) is 3.36. The Balaban J connectivity index is 1.38. The van der Waals surface area contributed by atoms with Gasteiger partial charge in [0.2, 0.25) is 11.8 Å². The molecule has 0 bridgehead atoms. The number of carbonyl (C=O) groups is 2. The van der Waals surface area contributed by atoms with Crippen LogP contribution in [0.25, 0.3) is 16.9 Å². The van der Waals surface area contributed by atoms with Crippen molar-refractivity contribution in [2.45, 2.75) is 38.1 Å². The number of nitrogens with one attached hydrogen (secondary N) is 1. The van der Waals surface area contributed by atoms with E-state index >= 15 is 0 Å². The van der Waals surface area contributed by atoms with Gasteiger partial charge >= 0.3 is 0 Å². The van der Waals surface area contributed by atoms with E-state index in [0.717, 1.165) is 46.8 Å². The van der Waals surface area contributed by atoms with E-state index in [1.165, 1.54) is 0 Å². The van der Waals surface area contributed by atoms with E-state index in [9.17, 15) is 9.59 Å². The molecule has 0 aliphatic heterocycles. The van der Waals surface area contributed by atoms with Gasteiger partial charge in [0.05, 0.1) is 18.5 Å². The monoisotopic (exact) mass is 497 g/mol. The molecule has 2 heterocycles. The number of aryl methyl sites for hydroxylation is 1. The number of unbranched alkanes of at least 4 members (excludes halogenated alkanes) is 1. The van der Waals surface area contributed by atoms with E-state index < -0.39 is 11.9 Å². The third kappa shape index (κ3) is 7.04. The van der Waals surface area contributed by atoms with Crippen molar-refractivity contribution >= 4 is 11.8 Å². The van der Waals surface area contributed by atoms with Crippen LogP contribution in [0.1, 0.15) is 30.5 Å². The van der Waals surface area contributed by atoms with Gasteiger partial charge in [0, 0.05) is 36.5 Å². The highest BCUT2D eigenvalue weighted by Crippen LogP contribution is 2.23. The number of carbonyl (C=O) groups excluding carboxylic acids is 2. The zero-order valence-electron chi connectivity index (χ0n) is 20.8. The normalized spacial score (nSPS) is 11.6. The van der Waals surface area contributed by atoms with Crippen LogP contribution in [-0.2, 0) is 22.4 Å². The highest BCUT2D eigenvalue weighted by molar-refractivity contribution is 5.86. The van der Waals surface area contributed by atoms with Crippen molar-refractivity contribution < 1.29 is 14.3 Å². The number of ether oxygens (including phenoxy) is 1. The lowest BCUT2D eigenvalue weighted by Crippen LogP contribution is -2.45. The Bertz CT molecular complexity index is 1300. The van der Waals surface area contributed by atoms with Crippen LogP contribution in [0.5, 0.6) is 5.75 Å². The summed E-state index contributed by atoms with van der Waals surface area (Å²) in [4.78, 5) is 28.6. The molecule has 4 rings (SSSR count). The molecular weight excluding hydrogens is 466 g/mol. The molecule has 0 aliphatic rings. The topological polar surface area (TPSA) is 112 Å². The molecule has 0 aliphatic carbocycles. The zero-order chi connectivity index (χ0) is 26.0. The molecule has 2 aromatic carbocycles. The number of hydrogen-bond acceptors (Lipinski definition) is 5. The second-order valence-electron chi connectivity index (χ2n) is 8.79. The lowest BCUT2D eigenvalue weighted by atomic mass is 10.0. The van der Waals surface area contributed by atoms with Crippen molar-refractivity contribution in [3.05, 3.63) is 96.4 Å². The van der Waals surface area contributed by atoms with E-state index in [-0.39, 0.29) is 5.91 Å². The lowest BCUT2D eigenvalue weighted by Gasteiger charge is -2.15. The van der Waals surface area contributed by atoms with Gasteiger partial charge in [0.25, 0.3) is 0 Å². The summed E-state index contributed by atoms with van der Waals surface area (Å²) in [6.45, 7) is 0. The molecule has 0 saturated heterocycles. The molecule has 0 saturated carbocycles. The summed E-state index contributed by atoms with van der Waals surface area (Å²) < 4.78 is 7.20. The van der Waals surface area contributed by atoms with Crippen molar-refractivity contribution in [3.8, 4) is 22.7 Å². The van der Waals surface area contributed by atoms with Gasteiger partial charge in [-0.2, -0.15) is 5.10 Å². The van der Waals surface area contributed by atoms with Gasteiger partial charge in [0.1, 0.15) is 11.8 Å². The summed E-state index contributed by atoms with van der Waals surface area (Å²) in [6, 6.07) is 22.4. The maximum absolute atomic E-state index is 12.5. The van der Waals surface area contributed by atoms with Crippen LogP contribution in [0.3, 0.4) is 0 Å². The van der Waals surface area contributed by atoms with Crippen LogP contribution in [-0.4, -0.2) is 39.7 Å². The standard InChI is InChI=1S/C29H31N5O3/c1-37-25-15-13-23(14-16-25)34-24(19-26(33-34)22-10-7-17-31-20-22)11-5-6-12-28(35)32-27(29(30)36)18-21-8-3-2-4-9-21/h2-4,7-10,13-17,19-20,27H,5-6,11-12,18H2,1H3,(H2,30,36)(H,32,35). The average molecular weight is 498 g/mol. The Hall–Kier alpha value is -4.46. The number of rotatable bonds is 12. The van der Waals surface area contributed by atoms with Crippen LogP contribution in [0.15, 0.2) is 85.2 Å². The highest BCUT2D eigenvalue weighted by atomic mass is 16.5. The van der Waals surface area contributed by atoms with Crippen molar-refractivity contribution in [3.63, 3.8) is 0 Å². The third-order valence-electron chi connectivity index (χ3n) is 6.11. The number of amides is 2. The van der Waals surface area contributed by atoms with E-state index in [4.69, 9.17) is 15.6 Å². The van der Waals surface area contributed by atoms with Crippen LogP contribution in [0.2, 0.25) is 0 Å². The van der Waals surface area contributed by atoms with Crippen molar-refractivity contribution in [1.82, 2.24) is 20.1 Å². The molecule has 4 aromatic rings. The second-order valence-corrected chi connectivity index (χ2v) is 8.79. The largest absolute Gasteiger partial charge is 0.497 e. The van der Waals surface area contributed by atoms with Gasteiger partial charge in [-0.15, -0.1) is 0 Å². The predicted octanol–water partition coefficient (Wildman–Crippen LogP) is 3.87. The number of benzene rings is 2. The van der Waals surface area contributed by atoms with Gasteiger partial charge < -0.3 is 15.8 Å². The summed E-state index contributed by atoms with van der Waals surface area (Å²) in [5.74, 6) is 0.0560. The number of pyridine rings is 1. The first-order chi connectivity index (χ1) is 18.0. The fraction of sp³-hybridized carbons (Fsp3) is 0.241. The summed E-state index contributed by atoms with van der Waals surface area (Å²) in [6.07, 6.45) is 6.39. The first-order valence-electron chi connectivity index (χ1n) is 12.3. The number of primary amides is 1. The first kappa shape index (κ1) is 25.6. The van der Waals surface area contributed by atoms with E-state index in [1.807, 2.05) is 71.4 Å². The fourth-order valence-corrected chi connectivity index (χ4v) is 4.13.